The maximum Gasteiger partial charge on any atom is 0.305 e. The number of hydrogen-bond donors (Lipinski definition) is 1. The molecule has 1 saturated heterocycles. The molecular formula is C14H20FN3O2. The van der Waals surface area contributed by atoms with Crippen molar-refractivity contribution in [1.29, 1.82) is 0 Å². The van der Waals surface area contributed by atoms with Crippen molar-refractivity contribution in [2.24, 2.45) is 5.92 Å². The molecule has 6 heteroatoms. The van der Waals surface area contributed by atoms with Gasteiger partial charge in [-0.3, -0.25) is 10.1 Å². The molecule has 0 bridgehead atoms. The lowest BCUT2D eigenvalue weighted by molar-refractivity contribution is -0.387. The number of likely N-dealkylation sites (tertiary alicyclic amines) is 1. The molecular weight excluding hydrogens is 261 g/mol. The second kappa shape index (κ2) is 6.76. The number of nitro benzene ring substituents is 1. The average Bonchev–Trinajstić information content (AvgIpc) is 2.88. The third-order valence-electron chi connectivity index (χ3n) is 3.82. The Hall–Kier alpha value is -1.53. The second-order valence-electron chi connectivity index (χ2n) is 5.19. The minimum atomic E-state index is -0.730. The Bertz CT molecular complexity index is 481. The Morgan fingerprint density at radius 2 is 2.35 bits per heavy atom. The zero-order chi connectivity index (χ0) is 14.5. The summed E-state index contributed by atoms with van der Waals surface area (Å²) in [5.41, 5.74) is -0.105. The number of benzene rings is 1. The molecule has 1 aromatic rings. The molecule has 0 aromatic heterocycles. The molecule has 1 aliphatic rings. The van der Waals surface area contributed by atoms with Crippen molar-refractivity contribution >= 4 is 5.69 Å². The van der Waals surface area contributed by atoms with E-state index in [1.807, 2.05) is 0 Å². The SMILES string of the molecule is CCN1CCC(CNCc2cccc([N+](=O)[O-])c2F)C1. The molecule has 1 atom stereocenters. The van der Waals surface area contributed by atoms with Crippen molar-refractivity contribution in [3.8, 4) is 0 Å². The van der Waals surface area contributed by atoms with Gasteiger partial charge in [-0.05, 0) is 32.0 Å². The van der Waals surface area contributed by atoms with Crippen molar-refractivity contribution < 1.29 is 9.31 Å². The van der Waals surface area contributed by atoms with E-state index in [0.717, 1.165) is 32.6 Å². The zero-order valence-electron chi connectivity index (χ0n) is 11.6. The largest absolute Gasteiger partial charge is 0.312 e. The fourth-order valence-corrected chi connectivity index (χ4v) is 2.62. The predicted octanol–water partition coefficient (Wildman–Crippen LogP) is 2.17. The maximum absolute atomic E-state index is 13.9. The normalized spacial score (nSPS) is 19.4. The van der Waals surface area contributed by atoms with Crippen LogP contribution in [0.2, 0.25) is 0 Å². The van der Waals surface area contributed by atoms with E-state index in [0.29, 0.717) is 18.0 Å². The van der Waals surface area contributed by atoms with Gasteiger partial charge in [0.2, 0.25) is 5.82 Å². The van der Waals surface area contributed by atoms with Gasteiger partial charge in [0.25, 0.3) is 0 Å². The van der Waals surface area contributed by atoms with Crippen LogP contribution in [0.5, 0.6) is 0 Å². The summed E-state index contributed by atoms with van der Waals surface area (Å²) in [5.74, 6) is -0.150. The summed E-state index contributed by atoms with van der Waals surface area (Å²) < 4.78 is 13.9. The molecule has 1 fully saturated rings. The van der Waals surface area contributed by atoms with Crippen LogP contribution in [0.4, 0.5) is 10.1 Å². The van der Waals surface area contributed by atoms with Gasteiger partial charge in [0.15, 0.2) is 0 Å². The Morgan fingerprint density at radius 1 is 1.55 bits per heavy atom. The second-order valence-corrected chi connectivity index (χ2v) is 5.19. The van der Waals surface area contributed by atoms with Gasteiger partial charge in [-0.25, -0.2) is 0 Å². The van der Waals surface area contributed by atoms with Crippen molar-refractivity contribution in [1.82, 2.24) is 10.2 Å². The molecule has 2 rings (SSSR count). The lowest BCUT2D eigenvalue weighted by Crippen LogP contribution is -2.26. The monoisotopic (exact) mass is 281 g/mol. The van der Waals surface area contributed by atoms with E-state index in [1.54, 1.807) is 6.07 Å². The fourth-order valence-electron chi connectivity index (χ4n) is 2.62. The van der Waals surface area contributed by atoms with Crippen LogP contribution in [0.25, 0.3) is 0 Å². The van der Waals surface area contributed by atoms with Crippen LogP contribution in [-0.2, 0) is 6.54 Å². The van der Waals surface area contributed by atoms with Crippen molar-refractivity contribution in [3.05, 3.63) is 39.7 Å². The Morgan fingerprint density at radius 3 is 3.00 bits per heavy atom. The van der Waals surface area contributed by atoms with Crippen LogP contribution in [-0.4, -0.2) is 36.0 Å². The van der Waals surface area contributed by atoms with Crippen molar-refractivity contribution in [3.63, 3.8) is 0 Å². The van der Waals surface area contributed by atoms with Gasteiger partial charge in [-0.1, -0.05) is 19.1 Å². The quantitative estimate of drug-likeness (QED) is 0.641. The van der Waals surface area contributed by atoms with Crippen LogP contribution >= 0.6 is 0 Å². The van der Waals surface area contributed by atoms with E-state index in [9.17, 15) is 14.5 Å². The highest BCUT2D eigenvalue weighted by atomic mass is 19.1. The van der Waals surface area contributed by atoms with Crippen molar-refractivity contribution in [2.45, 2.75) is 19.9 Å². The summed E-state index contributed by atoms with van der Waals surface area (Å²) in [4.78, 5) is 12.4. The first-order valence-electron chi connectivity index (χ1n) is 6.96. The molecule has 20 heavy (non-hydrogen) atoms. The smallest absolute Gasteiger partial charge is 0.305 e. The molecule has 0 amide bonds. The number of halogens is 1. The summed E-state index contributed by atoms with van der Waals surface area (Å²) in [7, 11) is 0. The minimum absolute atomic E-state index is 0.330. The van der Waals surface area contributed by atoms with Crippen molar-refractivity contribution in [2.75, 3.05) is 26.2 Å². The van der Waals surface area contributed by atoms with Gasteiger partial charge in [0.05, 0.1) is 4.92 Å². The van der Waals surface area contributed by atoms with Crippen LogP contribution in [0, 0.1) is 21.8 Å². The molecule has 0 saturated carbocycles. The van der Waals surface area contributed by atoms with E-state index in [4.69, 9.17) is 0 Å². The highest BCUT2D eigenvalue weighted by Crippen LogP contribution is 2.20. The molecule has 0 radical (unpaired) electrons. The number of hydrogen-bond acceptors (Lipinski definition) is 4. The summed E-state index contributed by atoms with van der Waals surface area (Å²) in [5, 5.41) is 13.9. The van der Waals surface area contributed by atoms with Gasteiger partial charge in [-0.2, -0.15) is 4.39 Å². The molecule has 1 unspecified atom stereocenters. The third-order valence-corrected chi connectivity index (χ3v) is 3.82. The highest BCUT2D eigenvalue weighted by molar-refractivity contribution is 5.36. The number of nitrogens with one attached hydrogen (secondary N) is 1. The van der Waals surface area contributed by atoms with Gasteiger partial charge in [-0.15, -0.1) is 0 Å². The van der Waals surface area contributed by atoms with E-state index in [1.165, 1.54) is 12.1 Å². The van der Waals surface area contributed by atoms with Crippen LogP contribution in [0.3, 0.4) is 0 Å². The first kappa shape index (κ1) is 14.9. The molecule has 110 valence electrons. The van der Waals surface area contributed by atoms with Gasteiger partial charge >= 0.3 is 5.69 Å². The first-order chi connectivity index (χ1) is 9.61. The summed E-state index contributed by atoms with van der Waals surface area (Å²) >= 11 is 0. The van der Waals surface area contributed by atoms with E-state index in [2.05, 4.69) is 17.1 Å². The Kier molecular flexibility index (Phi) is 5.03. The topological polar surface area (TPSA) is 58.4 Å². The molecule has 0 spiro atoms. The first-order valence-corrected chi connectivity index (χ1v) is 6.96. The molecule has 1 aromatic carbocycles. The summed E-state index contributed by atoms with van der Waals surface area (Å²) in [6.45, 7) is 6.55. The maximum atomic E-state index is 13.9. The van der Waals surface area contributed by atoms with Crippen LogP contribution in [0.1, 0.15) is 18.9 Å². The number of nitrogens with zero attached hydrogens (tertiary/aromatic N) is 2. The Labute approximate surface area is 117 Å². The third kappa shape index (κ3) is 3.52. The van der Waals surface area contributed by atoms with Gasteiger partial charge in [0.1, 0.15) is 0 Å². The fraction of sp³-hybridized carbons (Fsp3) is 0.571. The molecule has 1 heterocycles. The van der Waals surface area contributed by atoms with Crippen LogP contribution in [0.15, 0.2) is 18.2 Å². The summed E-state index contributed by atoms with van der Waals surface area (Å²) in [6, 6.07) is 4.30. The van der Waals surface area contributed by atoms with E-state index >= 15 is 0 Å². The molecule has 0 aliphatic carbocycles. The predicted molar refractivity (Wildman–Crippen MR) is 75.0 cm³/mol. The van der Waals surface area contributed by atoms with Gasteiger partial charge in [0, 0.05) is 24.7 Å². The molecule has 5 nitrogen and oxygen atoms in total. The standard InChI is InChI=1S/C14H20FN3O2/c1-2-17-7-6-11(10-17)8-16-9-12-4-3-5-13(14(12)15)18(19)20/h3-5,11,16H,2,6-10H2,1H3. The highest BCUT2D eigenvalue weighted by Gasteiger charge is 2.21. The lowest BCUT2D eigenvalue weighted by atomic mass is 10.1. The van der Waals surface area contributed by atoms with E-state index in [-0.39, 0.29) is 0 Å². The molecule has 1 N–H and O–H groups in total. The number of rotatable bonds is 6. The minimum Gasteiger partial charge on any atom is -0.312 e. The number of nitro groups is 1. The average molecular weight is 281 g/mol. The van der Waals surface area contributed by atoms with Gasteiger partial charge < -0.3 is 10.2 Å². The molecule has 1 aliphatic heterocycles. The van der Waals surface area contributed by atoms with E-state index < -0.39 is 16.4 Å². The Balaban J connectivity index is 1.86. The zero-order valence-corrected chi connectivity index (χ0v) is 11.6. The van der Waals surface area contributed by atoms with Crippen LogP contribution < -0.4 is 5.32 Å². The lowest BCUT2D eigenvalue weighted by Gasteiger charge is -2.14. The summed E-state index contributed by atoms with van der Waals surface area (Å²) in [6.07, 6.45) is 1.15.